The Bertz CT molecular complexity index is 316. The van der Waals surface area contributed by atoms with Gasteiger partial charge in [0.25, 0.3) is 5.97 Å². The Morgan fingerprint density at radius 1 is 1.40 bits per heavy atom. The molecule has 0 aromatic heterocycles. The number of halogens is 1. The van der Waals surface area contributed by atoms with Crippen LogP contribution in [0.1, 0.15) is 12.5 Å². The molecule has 1 aromatic carbocycles. The standard InChI is InChI=1S/C9H9BrO.C2H4O2/c10-9(7-11)6-8-4-2-1-3-5-8;1-2(3)4/h1-6,11H,7H2;1H3,(H,3,4). The highest BCUT2D eigenvalue weighted by Gasteiger charge is 1.88. The number of rotatable bonds is 2. The van der Waals surface area contributed by atoms with Crippen molar-refractivity contribution in [3.8, 4) is 0 Å². The number of hydrogen-bond acceptors (Lipinski definition) is 2. The van der Waals surface area contributed by atoms with Crippen molar-refractivity contribution in [2.45, 2.75) is 6.92 Å². The van der Waals surface area contributed by atoms with Crippen molar-refractivity contribution in [3.05, 3.63) is 40.4 Å². The first-order valence-electron chi connectivity index (χ1n) is 4.27. The largest absolute Gasteiger partial charge is 0.481 e. The van der Waals surface area contributed by atoms with E-state index in [1.165, 1.54) is 0 Å². The highest BCUT2D eigenvalue weighted by atomic mass is 79.9. The van der Waals surface area contributed by atoms with Gasteiger partial charge in [-0.25, -0.2) is 0 Å². The summed E-state index contributed by atoms with van der Waals surface area (Å²) in [5.74, 6) is -0.833. The molecule has 15 heavy (non-hydrogen) atoms. The Morgan fingerprint density at radius 2 is 1.87 bits per heavy atom. The van der Waals surface area contributed by atoms with Crippen LogP contribution in [0.2, 0.25) is 0 Å². The van der Waals surface area contributed by atoms with Crippen molar-refractivity contribution in [2.24, 2.45) is 0 Å². The summed E-state index contributed by atoms with van der Waals surface area (Å²) >= 11 is 3.22. The fourth-order valence-corrected chi connectivity index (χ4v) is 1.04. The van der Waals surface area contributed by atoms with Crippen LogP contribution in [-0.2, 0) is 4.79 Å². The van der Waals surface area contributed by atoms with Crippen LogP contribution in [0.4, 0.5) is 0 Å². The maximum absolute atomic E-state index is 9.00. The molecule has 0 aliphatic heterocycles. The van der Waals surface area contributed by atoms with Gasteiger partial charge in [0.15, 0.2) is 0 Å². The second kappa shape index (κ2) is 8.20. The van der Waals surface area contributed by atoms with Gasteiger partial charge >= 0.3 is 0 Å². The number of carboxylic acid groups (broad SMARTS) is 1. The number of carboxylic acids is 1. The Kier molecular flexibility index (Phi) is 7.58. The van der Waals surface area contributed by atoms with E-state index in [4.69, 9.17) is 15.0 Å². The van der Waals surface area contributed by atoms with E-state index in [9.17, 15) is 0 Å². The molecule has 82 valence electrons. The lowest BCUT2D eigenvalue weighted by Gasteiger charge is -1.93. The fraction of sp³-hybridized carbons (Fsp3) is 0.182. The molecular weight excluding hydrogens is 260 g/mol. The minimum atomic E-state index is -0.833. The van der Waals surface area contributed by atoms with Crippen molar-refractivity contribution in [1.29, 1.82) is 0 Å². The highest BCUT2D eigenvalue weighted by Crippen LogP contribution is 2.10. The molecule has 0 fully saturated rings. The molecule has 0 bridgehead atoms. The molecule has 1 rings (SSSR count). The molecule has 0 heterocycles. The van der Waals surface area contributed by atoms with Gasteiger partial charge in [0, 0.05) is 11.4 Å². The summed E-state index contributed by atoms with van der Waals surface area (Å²) in [4.78, 5) is 9.00. The van der Waals surface area contributed by atoms with Gasteiger partial charge in [0.1, 0.15) is 0 Å². The summed E-state index contributed by atoms with van der Waals surface area (Å²) in [5.41, 5.74) is 1.09. The third kappa shape index (κ3) is 9.18. The fourth-order valence-electron chi connectivity index (χ4n) is 0.776. The first kappa shape index (κ1) is 13.9. The summed E-state index contributed by atoms with van der Waals surface area (Å²) in [6, 6.07) is 9.85. The van der Waals surface area contributed by atoms with Crippen LogP contribution in [0.3, 0.4) is 0 Å². The third-order valence-electron chi connectivity index (χ3n) is 1.27. The van der Waals surface area contributed by atoms with E-state index in [1.807, 2.05) is 36.4 Å². The van der Waals surface area contributed by atoms with Gasteiger partial charge in [0.05, 0.1) is 6.61 Å². The molecule has 0 unspecified atom stereocenters. The first-order valence-corrected chi connectivity index (χ1v) is 5.07. The summed E-state index contributed by atoms with van der Waals surface area (Å²) in [5, 5.41) is 16.1. The van der Waals surface area contributed by atoms with Gasteiger partial charge in [-0.1, -0.05) is 46.3 Å². The molecule has 1 aromatic rings. The first-order chi connectivity index (χ1) is 7.06. The molecule has 0 spiro atoms. The molecule has 0 amide bonds. The van der Waals surface area contributed by atoms with E-state index < -0.39 is 5.97 Å². The average Bonchev–Trinajstić information content (AvgIpc) is 2.18. The van der Waals surface area contributed by atoms with E-state index in [0.29, 0.717) is 0 Å². The van der Waals surface area contributed by atoms with E-state index >= 15 is 0 Å². The lowest BCUT2D eigenvalue weighted by molar-refractivity contribution is -0.134. The molecule has 3 nitrogen and oxygen atoms in total. The van der Waals surface area contributed by atoms with E-state index in [-0.39, 0.29) is 6.61 Å². The van der Waals surface area contributed by atoms with Crippen molar-refractivity contribution >= 4 is 28.0 Å². The zero-order valence-electron chi connectivity index (χ0n) is 8.35. The summed E-state index contributed by atoms with van der Waals surface area (Å²) in [6.07, 6.45) is 1.89. The zero-order chi connectivity index (χ0) is 11.7. The van der Waals surface area contributed by atoms with Gasteiger partial charge in [-0.3, -0.25) is 4.79 Å². The van der Waals surface area contributed by atoms with Gasteiger partial charge in [-0.2, -0.15) is 0 Å². The quantitative estimate of drug-likeness (QED) is 0.870. The minimum absolute atomic E-state index is 0.0505. The minimum Gasteiger partial charge on any atom is -0.481 e. The predicted octanol–water partition coefficient (Wildman–Crippen LogP) is 2.51. The Hall–Kier alpha value is -1.13. The molecule has 0 aliphatic carbocycles. The van der Waals surface area contributed by atoms with E-state index in [1.54, 1.807) is 0 Å². The van der Waals surface area contributed by atoms with Crippen LogP contribution >= 0.6 is 15.9 Å². The second-order valence-corrected chi connectivity index (χ2v) is 3.70. The van der Waals surface area contributed by atoms with Crippen LogP contribution in [0.15, 0.2) is 34.8 Å². The molecule has 0 atom stereocenters. The van der Waals surface area contributed by atoms with Crippen LogP contribution in [0.25, 0.3) is 6.08 Å². The van der Waals surface area contributed by atoms with Crippen LogP contribution in [0.5, 0.6) is 0 Å². The molecule has 0 aliphatic rings. The molecule has 0 saturated carbocycles. The SMILES string of the molecule is CC(=O)O.OCC(Br)=Cc1ccccc1. The normalized spacial score (nSPS) is 10.2. The Balaban J connectivity index is 0.000000423. The summed E-state index contributed by atoms with van der Waals surface area (Å²) in [7, 11) is 0. The Morgan fingerprint density at radius 3 is 2.27 bits per heavy atom. The monoisotopic (exact) mass is 272 g/mol. The maximum Gasteiger partial charge on any atom is 0.300 e. The summed E-state index contributed by atoms with van der Waals surface area (Å²) < 4.78 is 0.795. The third-order valence-corrected chi connectivity index (χ3v) is 1.75. The highest BCUT2D eigenvalue weighted by molar-refractivity contribution is 9.11. The second-order valence-electron chi connectivity index (χ2n) is 2.68. The number of aliphatic hydroxyl groups is 1. The predicted molar refractivity (Wildman–Crippen MR) is 63.7 cm³/mol. The van der Waals surface area contributed by atoms with Gasteiger partial charge in [-0.15, -0.1) is 0 Å². The van der Waals surface area contributed by atoms with E-state index in [0.717, 1.165) is 17.0 Å². The van der Waals surface area contributed by atoms with Crippen LogP contribution in [-0.4, -0.2) is 22.8 Å². The average molecular weight is 273 g/mol. The van der Waals surface area contributed by atoms with Gasteiger partial charge in [0.2, 0.25) is 0 Å². The number of carbonyl (C=O) groups is 1. The van der Waals surface area contributed by atoms with E-state index in [2.05, 4.69) is 15.9 Å². The van der Waals surface area contributed by atoms with Crippen molar-refractivity contribution in [3.63, 3.8) is 0 Å². The lowest BCUT2D eigenvalue weighted by atomic mass is 10.2. The molecule has 0 radical (unpaired) electrons. The summed E-state index contributed by atoms with van der Waals surface area (Å²) in [6.45, 7) is 1.13. The van der Waals surface area contributed by atoms with Crippen molar-refractivity contribution in [1.82, 2.24) is 0 Å². The molecule has 4 heteroatoms. The maximum atomic E-state index is 9.00. The van der Waals surface area contributed by atoms with Crippen molar-refractivity contribution < 1.29 is 15.0 Å². The number of hydrogen-bond donors (Lipinski definition) is 2. The lowest BCUT2D eigenvalue weighted by Crippen LogP contribution is -1.79. The molecule has 2 N–H and O–H groups in total. The molecule has 0 saturated heterocycles. The number of aliphatic hydroxyl groups excluding tert-OH is 1. The van der Waals surface area contributed by atoms with Gasteiger partial charge in [-0.05, 0) is 11.6 Å². The van der Waals surface area contributed by atoms with Crippen LogP contribution in [0, 0.1) is 0 Å². The Labute approximate surface area is 97.2 Å². The number of benzene rings is 1. The van der Waals surface area contributed by atoms with Crippen molar-refractivity contribution in [2.75, 3.05) is 6.61 Å². The zero-order valence-corrected chi connectivity index (χ0v) is 9.94. The van der Waals surface area contributed by atoms with Crippen LogP contribution < -0.4 is 0 Å². The topological polar surface area (TPSA) is 57.5 Å². The smallest absolute Gasteiger partial charge is 0.300 e. The molecular formula is C11H13BrO3. The van der Waals surface area contributed by atoms with Gasteiger partial charge < -0.3 is 10.2 Å². The number of aliphatic carboxylic acids is 1.